The van der Waals surface area contributed by atoms with Crippen LogP contribution in [0.25, 0.3) is 0 Å². The van der Waals surface area contributed by atoms with Gasteiger partial charge in [-0.3, -0.25) is 4.98 Å². The second kappa shape index (κ2) is 3.96. The van der Waals surface area contributed by atoms with Gasteiger partial charge < -0.3 is 0 Å². The van der Waals surface area contributed by atoms with Gasteiger partial charge in [0.15, 0.2) is 0 Å². The highest BCUT2D eigenvalue weighted by molar-refractivity contribution is 6.17. The number of aromatic nitrogens is 1. The van der Waals surface area contributed by atoms with Crippen LogP contribution < -0.4 is 0 Å². The fraction of sp³-hybridized carbons (Fsp3) is 0.375. The summed E-state index contributed by atoms with van der Waals surface area (Å²) in [6.45, 7) is 1.45. The number of hydrogen-bond donors (Lipinski definition) is 0. The highest BCUT2D eigenvalue weighted by Crippen LogP contribution is 2.24. The van der Waals surface area contributed by atoms with Gasteiger partial charge in [0.1, 0.15) is 11.5 Å². The van der Waals surface area contributed by atoms with Gasteiger partial charge in [0.25, 0.3) is 6.43 Å². The number of halogens is 4. The van der Waals surface area contributed by atoms with Crippen molar-refractivity contribution >= 4 is 11.6 Å². The van der Waals surface area contributed by atoms with E-state index in [0.717, 1.165) is 6.07 Å². The third-order valence-corrected chi connectivity index (χ3v) is 1.84. The van der Waals surface area contributed by atoms with E-state index in [4.69, 9.17) is 11.6 Å². The van der Waals surface area contributed by atoms with Crippen molar-refractivity contribution in [1.82, 2.24) is 4.98 Å². The van der Waals surface area contributed by atoms with Gasteiger partial charge in [0.2, 0.25) is 0 Å². The van der Waals surface area contributed by atoms with Crippen LogP contribution >= 0.6 is 11.6 Å². The molecule has 0 radical (unpaired) electrons. The molecule has 0 aliphatic carbocycles. The van der Waals surface area contributed by atoms with Crippen LogP contribution in [0.1, 0.15) is 23.4 Å². The molecular weight excluding hydrogens is 203 g/mol. The van der Waals surface area contributed by atoms with Crippen LogP contribution in [0.15, 0.2) is 6.07 Å². The summed E-state index contributed by atoms with van der Waals surface area (Å²) in [6, 6.07) is 1.09. The van der Waals surface area contributed by atoms with Gasteiger partial charge in [-0.1, -0.05) is 0 Å². The first-order valence-electron chi connectivity index (χ1n) is 3.56. The smallest absolute Gasteiger partial charge is 0.252 e. The number of pyridine rings is 1. The topological polar surface area (TPSA) is 12.9 Å². The van der Waals surface area contributed by atoms with Crippen molar-refractivity contribution in [3.63, 3.8) is 0 Å². The zero-order valence-corrected chi connectivity index (χ0v) is 7.58. The summed E-state index contributed by atoms with van der Waals surface area (Å²) in [6.07, 6.45) is -2.79. The van der Waals surface area contributed by atoms with E-state index in [2.05, 4.69) is 4.98 Å². The van der Waals surface area contributed by atoms with Crippen LogP contribution in [0, 0.1) is 12.7 Å². The Morgan fingerprint density at radius 2 is 2.15 bits per heavy atom. The van der Waals surface area contributed by atoms with Crippen LogP contribution in [0.4, 0.5) is 13.2 Å². The second-order valence-corrected chi connectivity index (χ2v) is 2.81. The predicted molar refractivity (Wildman–Crippen MR) is 43.4 cm³/mol. The van der Waals surface area contributed by atoms with Gasteiger partial charge in [-0.25, -0.2) is 13.2 Å². The fourth-order valence-corrected chi connectivity index (χ4v) is 1.26. The molecule has 0 aromatic carbocycles. The third-order valence-electron chi connectivity index (χ3n) is 1.57. The molecule has 0 spiro atoms. The largest absolute Gasteiger partial charge is 0.280 e. The Balaban J connectivity index is 3.29. The molecule has 0 amide bonds. The summed E-state index contributed by atoms with van der Waals surface area (Å²) in [7, 11) is 0. The SMILES string of the molecule is Cc1cc(F)c(CCl)c(C(F)F)n1. The van der Waals surface area contributed by atoms with E-state index in [0.29, 0.717) is 0 Å². The zero-order chi connectivity index (χ0) is 10.0. The van der Waals surface area contributed by atoms with E-state index < -0.39 is 17.9 Å². The van der Waals surface area contributed by atoms with Crippen LogP contribution in [0.5, 0.6) is 0 Å². The maximum atomic E-state index is 13.0. The highest BCUT2D eigenvalue weighted by atomic mass is 35.5. The molecular formula is C8H7ClF3N. The quantitative estimate of drug-likeness (QED) is 0.682. The lowest BCUT2D eigenvalue weighted by Gasteiger charge is -2.07. The molecule has 1 rings (SSSR count). The van der Waals surface area contributed by atoms with E-state index in [1.54, 1.807) is 0 Å². The molecule has 1 nitrogen and oxygen atoms in total. The molecule has 0 bridgehead atoms. The molecule has 5 heteroatoms. The molecule has 1 aromatic rings. The summed E-state index contributed by atoms with van der Waals surface area (Å²) in [5.41, 5.74) is -0.559. The summed E-state index contributed by atoms with van der Waals surface area (Å²) < 4.78 is 37.6. The summed E-state index contributed by atoms with van der Waals surface area (Å²) in [5, 5.41) is 0. The molecule has 0 saturated heterocycles. The predicted octanol–water partition coefficient (Wildman–Crippen LogP) is 3.21. The van der Waals surface area contributed by atoms with Crippen LogP contribution in [0.2, 0.25) is 0 Å². The second-order valence-electron chi connectivity index (χ2n) is 2.54. The molecule has 0 atom stereocenters. The van der Waals surface area contributed by atoms with Gasteiger partial charge in [-0.05, 0) is 13.0 Å². The first kappa shape index (κ1) is 10.3. The van der Waals surface area contributed by atoms with Crippen molar-refractivity contribution in [2.45, 2.75) is 19.2 Å². The first-order valence-corrected chi connectivity index (χ1v) is 4.09. The molecule has 1 heterocycles. The van der Waals surface area contributed by atoms with Crippen molar-refractivity contribution in [1.29, 1.82) is 0 Å². The van der Waals surface area contributed by atoms with Gasteiger partial charge >= 0.3 is 0 Å². The Labute approximate surface area is 78.5 Å². The lowest BCUT2D eigenvalue weighted by molar-refractivity contribution is 0.144. The first-order chi connectivity index (χ1) is 6.06. The Bertz CT molecular complexity index is 315. The highest BCUT2D eigenvalue weighted by Gasteiger charge is 2.18. The lowest BCUT2D eigenvalue weighted by Crippen LogP contribution is -2.02. The fourth-order valence-electron chi connectivity index (χ4n) is 0.995. The Hall–Kier alpha value is -0.770. The maximum Gasteiger partial charge on any atom is 0.280 e. The molecule has 0 unspecified atom stereocenters. The van der Waals surface area contributed by atoms with E-state index in [1.807, 2.05) is 0 Å². The van der Waals surface area contributed by atoms with Crippen molar-refractivity contribution in [3.05, 3.63) is 28.8 Å². The average molecular weight is 210 g/mol. The molecule has 0 saturated carbocycles. The molecule has 13 heavy (non-hydrogen) atoms. The standard InChI is InChI=1S/C8H7ClF3N/c1-4-2-6(10)5(3-9)7(13-4)8(11)12/h2,8H,3H2,1H3. The Morgan fingerprint density at radius 1 is 1.54 bits per heavy atom. The summed E-state index contributed by atoms with van der Waals surface area (Å²) >= 11 is 5.32. The minimum atomic E-state index is -2.79. The van der Waals surface area contributed by atoms with Gasteiger partial charge in [0.05, 0.1) is 5.88 Å². The summed E-state index contributed by atoms with van der Waals surface area (Å²) in [5.74, 6) is -1.02. The molecule has 72 valence electrons. The summed E-state index contributed by atoms with van der Waals surface area (Å²) in [4.78, 5) is 3.53. The van der Waals surface area contributed by atoms with E-state index in [-0.39, 0.29) is 17.1 Å². The van der Waals surface area contributed by atoms with Crippen molar-refractivity contribution in [2.75, 3.05) is 0 Å². The Kier molecular flexibility index (Phi) is 3.14. The van der Waals surface area contributed by atoms with Gasteiger partial charge in [-0.15, -0.1) is 11.6 Å². The molecule has 0 N–H and O–H groups in total. The van der Waals surface area contributed by atoms with Gasteiger partial charge in [-0.2, -0.15) is 0 Å². The molecule has 0 fully saturated rings. The van der Waals surface area contributed by atoms with Crippen molar-refractivity contribution in [2.24, 2.45) is 0 Å². The minimum absolute atomic E-state index is 0.220. The van der Waals surface area contributed by atoms with Crippen molar-refractivity contribution in [3.8, 4) is 0 Å². The number of hydrogen-bond acceptors (Lipinski definition) is 1. The van der Waals surface area contributed by atoms with Gasteiger partial charge in [0, 0.05) is 11.3 Å². The van der Waals surface area contributed by atoms with Crippen LogP contribution in [0.3, 0.4) is 0 Å². The average Bonchev–Trinajstić information content (AvgIpc) is 2.02. The van der Waals surface area contributed by atoms with Crippen molar-refractivity contribution < 1.29 is 13.2 Å². The Morgan fingerprint density at radius 3 is 2.62 bits per heavy atom. The number of alkyl halides is 3. The zero-order valence-electron chi connectivity index (χ0n) is 6.82. The molecule has 0 aliphatic rings. The monoisotopic (exact) mass is 209 g/mol. The van der Waals surface area contributed by atoms with E-state index in [9.17, 15) is 13.2 Å². The van der Waals surface area contributed by atoms with E-state index >= 15 is 0 Å². The number of aryl methyl sites for hydroxylation is 1. The number of rotatable bonds is 2. The van der Waals surface area contributed by atoms with E-state index in [1.165, 1.54) is 6.92 Å². The minimum Gasteiger partial charge on any atom is -0.252 e. The van der Waals surface area contributed by atoms with Crippen LogP contribution in [-0.4, -0.2) is 4.98 Å². The molecule has 0 aliphatic heterocycles. The maximum absolute atomic E-state index is 13.0. The normalized spacial score (nSPS) is 10.9. The van der Waals surface area contributed by atoms with Crippen LogP contribution in [-0.2, 0) is 5.88 Å². The number of nitrogens with zero attached hydrogens (tertiary/aromatic N) is 1. The third kappa shape index (κ3) is 2.12. The lowest BCUT2D eigenvalue weighted by atomic mass is 10.2. The molecule has 1 aromatic heterocycles.